The van der Waals surface area contributed by atoms with Gasteiger partial charge < -0.3 is 11.1 Å². The predicted octanol–water partition coefficient (Wildman–Crippen LogP) is 5.23. The molecule has 0 unspecified atom stereocenters. The highest BCUT2D eigenvalue weighted by molar-refractivity contribution is 6.35. The Morgan fingerprint density at radius 3 is 2.56 bits per heavy atom. The normalized spacial score (nSPS) is 21.7. The molecule has 1 aliphatic carbocycles. The zero-order valence-corrected chi connectivity index (χ0v) is 21.0. The summed E-state index contributed by atoms with van der Waals surface area (Å²) in [6.07, 6.45) is -0.336. The maximum absolute atomic E-state index is 13.6. The summed E-state index contributed by atoms with van der Waals surface area (Å²) in [5.41, 5.74) is 6.53. The number of benzene rings is 2. The van der Waals surface area contributed by atoms with Gasteiger partial charge in [0.15, 0.2) is 5.96 Å². The van der Waals surface area contributed by atoms with Crippen LogP contribution in [0, 0.1) is 11.3 Å². The highest BCUT2D eigenvalue weighted by atomic mass is 35.5. The number of halogens is 4. The van der Waals surface area contributed by atoms with Crippen molar-refractivity contribution in [2.75, 3.05) is 5.32 Å². The van der Waals surface area contributed by atoms with Gasteiger partial charge in [-0.2, -0.15) is 5.26 Å². The van der Waals surface area contributed by atoms with Crippen molar-refractivity contribution in [3.63, 3.8) is 0 Å². The van der Waals surface area contributed by atoms with Gasteiger partial charge in [0.05, 0.1) is 34.3 Å². The fourth-order valence-corrected chi connectivity index (χ4v) is 5.03. The number of nitrogens with one attached hydrogen (secondary N) is 1. The van der Waals surface area contributed by atoms with Crippen LogP contribution in [0.1, 0.15) is 60.5 Å². The zero-order valence-electron chi connectivity index (χ0n) is 19.4. The fraction of sp³-hybridized carbons (Fsp3) is 0.360. The lowest BCUT2D eigenvalue weighted by Crippen LogP contribution is -2.55. The molecule has 7 nitrogen and oxygen atoms in total. The zero-order chi connectivity index (χ0) is 25.4. The first kappa shape index (κ1) is 27.4. The predicted molar refractivity (Wildman–Crippen MR) is 135 cm³/mol. The van der Waals surface area contributed by atoms with Crippen LogP contribution in [0.4, 0.5) is 14.5 Å². The first-order valence-corrected chi connectivity index (χ1v) is 11.6. The summed E-state index contributed by atoms with van der Waals surface area (Å²) in [6.45, 7) is 1.72. The van der Waals surface area contributed by atoms with Gasteiger partial charge in [-0.15, -0.1) is 12.4 Å². The molecule has 1 atom stereocenters. The summed E-state index contributed by atoms with van der Waals surface area (Å²) < 4.78 is 27.2. The molecule has 2 aromatic carbocycles. The number of carbonyl (C=O) groups is 2. The standard InChI is InChI=1S/C25H24ClF2N5O2.ClH/c1-24(13-20(34)33(23(30)32-24)17-8-10-25(27,28)11-9-17)18-6-3-7-19(21(18)26)31-22(35)16-5-2-4-15(12-16)14-29;/h2-7,12,17H,8-11,13H2,1H3,(H2,30,32)(H,31,35);1H/t24-;/m0./s1. The lowest BCUT2D eigenvalue weighted by Gasteiger charge is -2.41. The minimum Gasteiger partial charge on any atom is -0.369 e. The topological polar surface area (TPSA) is 112 Å². The molecule has 1 heterocycles. The Morgan fingerprint density at radius 1 is 1.25 bits per heavy atom. The summed E-state index contributed by atoms with van der Waals surface area (Å²) in [5.74, 6) is -3.51. The molecule has 2 aromatic rings. The van der Waals surface area contributed by atoms with Crippen LogP contribution in [-0.4, -0.2) is 34.6 Å². The largest absolute Gasteiger partial charge is 0.369 e. The monoisotopic (exact) mass is 535 g/mol. The third-order valence-electron chi connectivity index (χ3n) is 6.51. The molecule has 11 heteroatoms. The van der Waals surface area contributed by atoms with Crippen molar-refractivity contribution >= 4 is 47.5 Å². The van der Waals surface area contributed by atoms with Crippen LogP contribution in [0.25, 0.3) is 0 Å². The number of hydrogen-bond acceptors (Lipinski definition) is 5. The average Bonchev–Trinajstić information content (AvgIpc) is 2.80. The smallest absolute Gasteiger partial charge is 0.255 e. The number of nitrogens with two attached hydrogens (primary N) is 1. The van der Waals surface area contributed by atoms with Crippen LogP contribution >= 0.6 is 24.0 Å². The first-order valence-electron chi connectivity index (χ1n) is 11.2. The van der Waals surface area contributed by atoms with Crippen molar-refractivity contribution < 1.29 is 18.4 Å². The Morgan fingerprint density at radius 2 is 1.92 bits per heavy atom. The molecule has 190 valence electrons. The second-order valence-electron chi connectivity index (χ2n) is 9.09. The van der Waals surface area contributed by atoms with Crippen molar-refractivity contribution in [1.82, 2.24) is 4.90 Å². The van der Waals surface area contributed by atoms with Crippen LogP contribution in [0.2, 0.25) is 5.02 Å². The van der Waals surface area contributed by atoms with Crippen molar-refractivity contribution in [3.05, 3.63) is 64.2 Å². The van der Waals surface area contributed by atoms with E-state index in [0.717, 1.165) is 0 Å². The average molecular weight is 536 g/mol. The van der Waals surface area contributed by atoms with Gasteiger partial charge in [-0.1, -0.05) is 29.8 Å². The van der Waals surface area contributed by atoms with Gasteiger partial charge in [0.1, 0.15) is 0 Å². The summed E-state index contributed by atoms with van der Waals surface area (Å²) >= 11 is 6.65. The van der Waals surface area contributed by atoms with Crippen LogP contribution in [0.3, 0.4) is 0 Å². The van der Waals surface area contributed by atoms with Crippen LogP contribution in [0.15, 0.2) is 47.5 Å². The van der Waals surface area contributed by atoms with Crippen LogP contribution in [0.5, 0.6) is 0 Å². The number of aliphatic imine (C=N–C) groups is 1. The Labute approximate surface area is 218 Å². The Balaban J connectivity index is 0.00000361. The van der Waals surface area contributed by atoms with Crippen molar-refractivity contribution in [2.45, 2.75) is 56.5 Å². The van der Waals surface area contributed by atoms with Gasteiger partial charge in [-0.05, 0) is 44.0 Å². The van der Waals surface area contributed by atoms with E-state index in [1.807, 2.05) is 6.07 Å². The maximum atomic E-state index is 13.6. The van der Waals surface area contributed by atoms with E-state index < -0.39 is 23.4 Å². The molecule has 0 bridgehead atoms. The summed E-state index contributed by atoms with van der Waals surface area (Å²) in [7, 11) is 0. The van der Waals surface area contributed by atoms with E-state index in [9.17, 15) is 18.4 Å². The van der Waals surface area contributed by atoms with E-state index in [2.05, 4.69) is 10.3 Å². The number of alkyl halides is 2. The van der Waals surface area contributed by atoms with E-state index in [-0.39, 0.29) is 61.4 Å². The van der Waals surface area contributed by atoms with E-state index in [1.165, 1.54) is 11.0 Å². The van der Waals surface area contributed by atoms with Crippen LogP contribution in [-0.2, 0) is 10.3 Å². The lowest BCUT2D eigenvalue weighted by atomic mass is 9.85. The molecule has 4 rings (SSSR count). The van der Waals surface area contributed by atoms with Crippen molar-refractivity contribution in [1.29, 1.82) is 5.26 Å². The second kappa shape index (κ2) is 10.4. The molecule has 0 aromatic heterocycles. The first-order chi connectivity index (χ1) is 16.5. The van der Waals surface area contributed by atoms with Crippen LogP contribution < -0.4 is 11.1 Å². The Bertz CT molecular complexity index is 1250. The number of rotatable bonds is 4. The highest BCUT2D eigenvalue weighted by Crippen LogP contribution is 2.42. The van der Waals surface area contributed by atoms with Gasteiger partial charge in [0.2, 0.25) is 11.8 Å². The van der Waals surface area contributed by atoms with Gasteiger partial charge in [0.25, 0.3) is 5.91 Å². The van der Waals surface area contributed by atoms with E-state index in [0.29, 0.717) is 22.4 Å². The molecule has 1 aliphatic heterocycles. The minimum absolute atomic E-state index is 0. The fourth-order valence-electron chi connectivity index (χ4n) is 4.65. The molecule has 2 aliphatic rings. The number of carbonyl (C=O) groups excluding carboxylic acids is 2. The SMILES string of the molecule is C[C@@]1(c2cccc(NC(=O)c3cccc(C#N)c3)c2Cl)CC(=O)N(C2CCC(F)(F)CC2)C(N)=N1.Cl. The number of amides is 2. The number of nitriles is 1. The molecule has 1 saturated carbocycles. The van der Waals surface area contributed by atoms with Gasteiger partial charge in [-0.3, -0.25) is 14.5 Å². The second-order valence-corrected chi connectivity index (χ2v) is 9.46. The summed E-state index contributed by atoms with van der Waals surface area (Å²) in [4.78, 5) is 31.7. The van der Waals surface area contributed by atoms with Crippen molar-refractivity contribution in [2.24, 2.45) is 10.7 Å². The Kier molecular flexibility index (Phi) is 7.91. The van der Waals surface area contributed by atoms with E-state index >= 15 is 0 Å². The highest BCUT2D eigenvalue weighted by Gasteiger charge is 2.44. The molecule has 1 fully saturated rings. The van der Waals surface area contributed by atoms with E-state index in [1.54, 1.807) is 43.3 Å². The molecule has 2 amide bonds. The Hall–Kier alpha value is -3.22. The molecule has 0 radical (unpaired) electrons. The molecule has 0 spiro atoms. The minimum atomic E-state index is -2.72. The number of hydrogen-bond donors (Lipinski definition) is 2. The molecule has 36 heavy (non-hydrogen) atoms. The molecular formula is C25H25Cl2F2N5O2. The molecule has 3 N–H and O–H groups in total. The third kappa shape index (κ3) is 5.45. The lowest BCUT2D eigenvalue weighted by molar-refractivity contribution is -0.133. The quantitative estimate of drug-likeness (QED) is 0.558. The third-order valence-corrected chi connectivity index (χ3v) is 6.91. The number of nitrogens with zero attached hydrogens (tertiary/aromatic N) is 3. The molecule has 0 saturated heterocycles. The number of anilines is 1. The van der Waals surface area contributed by atoms with Gasteiger partial charge in [0, 0.05) is 30.0 Å². The summed E-state index contributed by atoms with van der Waals surface area (Å²) in [6, 6.07) is 12.8. The van der Waals surface area contributed by atoms with E-state index in [4.69, 9.17) is 22.6 Å². The molecular weight excluding hydrogens is 511 g/mol. The van der Waals surface area contributed by atoms with Gasteiger partial charge >= 0.3 is 0 Å². The van der Waals surface area contributed by atoms with Gasteiger partial charge in [-0.25, -0.2) is 13.8 Å². The van der Waals surface area contributed by atoms with Crippen molar-refractivity contribution in [3.8, 4) is 6.07 Å². The summed E-state index contributed by atoms with van der Waals surface area (Å²) in [5, 5.41) is 12.0. The number of guanidine groups is 1. The maximum Gasteiger partial charge on any atom is 0.255 e.